The Labute approximate surface area is 127 Å². The average Bonchev–Trinajstić information content (AvgIpc) is 2.77. The molecule has 2 aliphatic rings. The Kier molecular flexibility index (Phi) is 3.91. The number of hydrogen-bond donors (Lipinski definition) is 0. The van der Waals surface area contributed by atoms with Crippen molar-refractivity contribution in [1.29, 1.82) is 0 Å². The quantitative estimate of drug-likeness (QED) is 0.695. The SMILES string of the molecule is CC(C)(C)OC(=O)N1C/C(=C\[Si](C)(C)C)C2=C1CCC2=O. The standard InChI is InChI=1S/C16H25NO3Si/c1-16(2,3)20-15(19)17-9-11(10-21(4,5)6)14-12(17)7-8-13(14)18/h10H,7-9H2,1-6H3/b11-10+. The molecule has 0 aromatic rings. The molecular formula is C16H25NO3Si. The minimum absolute atomic E-state index is 0.167. The van der Waals surface area contributed by atoms with Crippen LogP contribution >= 0.6 is 0 Å². The van der Waals surface area contributed by atoms with Crippen molar-refractivity contribution in [2.24, 2.45) is 0 Å². The molecule has 21 heavy (non-hydrogen) atoms. The van der Waals surface area contributed by atoms with Gasteiger partial charge in [0.05, 0.1) is 14.6 Å². The molecule has 0 atom stereocenters. The monoisotopic (exact) mass is 307 g/mol. The Hall–Kier alpha value is -1.36. The predicted octanol–water partition coefficient (Wildman–Crippen LogP) is 3.66. The maximum absolute atomic E-state index is 12.4. The molecule has 5 heteroatoms. The second-order valence-corrected chi connectivity index (χ2v) is 12.9. The summed E-state index contributed by atoms with van der Waals surface area (Å²) < 4.78 is 5.47. The second-order valence-electron chi connectivity index (χ2n) is 7.85. The molecule has 0 fully saturated rings. The van der Waals surface area contributed by atoms with Crippen LogP contribution in [0.15, 0.2) is 22.5 Å². The minimum Gasteiger partial charge on any atom is -0.443 e. The van der Waals surface area contributed by atoms with E-state index in [2.05, 4.69) is 25.3 Å². The molecule has 4 nitrogen and oxygen atoms in total. The summed E-state index contributed by atoms with van der Waals surface area (Å²) in [6.07, 6.45) is 0.812. The van der Waals surface area contributed by atoms with E-state index in [1.165, 1.54) is 0 Å². The molecule has 0 N–H and O–H groups in total. The number of nitrogens with zero attached hydrogens (tertiary/aromatic N) is 1. The molecule has 1 aliphatic carbocycles. The lowest BCUT2D eigenvalue weighted by Gasteiger charge is -2.25. The Morgan fingerprint density at radius 1 is 1.24 bits per heavy atom. The first-order chi connectivity index (χ1) is 9.48. The smallest absolute Gasteiger partial charge is 0.414 e. The molecule has 0 bridgehead atoms. The van der Waals surface area contributed by atoms with Crippen molar-refractivity contribution in [3.63, 3.8) is 0 Å². The van der Waals surface area contributed by atoms with Crippen LogP contribution in [0.25, 0.3) is 0 Å². The molecule has 1 aliphatic heterocycles. The number of rotatable bonds is 1. The number of hydrogen-bond acceptors (Lipinski definition) is 3. The molecular weight excluding hydrogens is 282 g/mol. The van der Waals surface area contributed by atoms with Gasteiger partial charge in [-0.05, 0) is 32.8 Å². The first-order valence-electron chi connectivity index (χ1n) is 7.47. The second kappa shape index (κ2) is 5.12. The van der Waals surface area contributed by atoms with Gasteiger partial charge < -0.3 is 4.74 Å². The van der Waals surface area contributed by atoms with Crippen LogP contribution in [0, 0.1) is 0 Å². The van der Waals surface area contributed by atoms with Gasteiger partial charge in [-0.25, -0.2) is 4.79 Å². The maximum atomic E-state index is 12.4. The minimum atomic E-state index is -1.45. The number of carbonyl (C=O) groups excluding carboxylic acids is 2. The highest BCUT2D eigenvalue weighted by Gasteiger charge is 2.40. The van der Waals surface area contributed by atoms with Crippen LogP contribution in [-0.2, 0) is 9.53 Å². The molecule has 2 rings (SSSR count). The van der Waals surface area contributed by atoms with E-state index in [0.29, 0.717) is 19.4 Å². The van der Waals surface area contributed by atoms with Crippen molar-refractivity contribution in [1.82, 2.24) is 4.90 Å². The molecule has 1 amide bonds. The summed E-state index contributed by atoms with van der Waals surface area (Å²) in [6, 6.07) is 0. The summed E-state index contributed by atoms with van der Waals surface area (Å²) in [5, 5.41) is 0. The van der Waals surface area contributed by atoms with Gasteiger partial charge in [-0.3, -0.25) is 9.69 Å². The lowest BCUT2D eigenvalue weighted by Crippen LogP contribution is -2.35. The van der Waals surface area contributed by atoms with Crippen LogP contribution < -0.4 is 0 Å². The molecule has 0 aromatic heterocycles. The topological polar surface area (TPSA) is 46.6 Å². The summed E-state index contributed by atoms with van der Waals surface area (Å²) in [5.74, 6) is 0.167. The van der Waals surface area contributed by atoms with Gasteiger partial charge in [-0.1, -0.05) is 25.3 Å². The van der Waals surface area contributed by atoms with Crippen molar-refractivity contribution in [2.45, 2.75) is 58.9 Å². The fraction of sp³-hybridized carbons (Fsp3) is 0.625. The van der Waals surface area contributed by atoms with Gasteiger partial charge in [0.2, 0.25) is 0 Å². The molecule has 0 saturated carbocycles. The van der Waals surface area contributed by atoms with E-state index in [1.807, 2.05) is 20.8 Å². The van der Waals surface area contributed by atoms with Crippen LogP contribution in [0.3, 0.4) is 0 Å². The molecule has 1 heterocycles. The number of allylic oxidation sites excluding steroid dienone is 1. The summed E-state index contributed by atoms with van der Waals surface area (Å²) in [6.45, 7) is 12.7. The fourth-order valence-electron chi connectivity index (χ4n) is 2.75. The van der Waals surface area contributed by atoms with Crippen molar-refractivity contribution < 1.29 is 14.3 Å². The Morgan fingerprint density at radius 2 is 1.86 bits per heavy atom. The van der Waals surface area contributed by atoms with Crippen molar-refractivity contribution in [2.75, 3.05) is 6.54 Å². The van der Waals surface area contributed by atoms with Gasteiger partial charge in [-0.15, -0.1) is 0 Å². The Morgan fingerprint density at radius 3 is 2.38 bits per heavy atom. The number of amides is 1. The number of ketones is 1. The molecule has 116 valence electrons. The highest BCUT2D eigenvalue weighted by Crippen LogP contribution is 2.38. The maximum Gasteiger partial charge on any atom is 0.414 e. The summed E-state index contributed by atoms with van der Waals surface area (Å²) in [5.41, 5.74) is 4.38. The molecule has 0 saturated heterocycles. The zero-order chi connectivity index (χ0) is 16.0. The van der Waals surface area contributed by atoms with Crippen molar-refractivity contribution >= 4 is 20.0 Å². The fourth-order valence-corrected chi connectivity index (χ4v) is 4.04. The zero-order valence-corrected chi connectivity index (χ0v) is 14.9. The lowest BCUT2D eigenvalue weighted by atomic mass is 10.1. The van der Waals surface area contributed by atoms with Crippen LogP contribution in [0.4, 0.5) is 4.79 Å². The third kappa shape index (κ3) is 3.64. The van der Waals surface area contributed by atoms with Gasteiger partial charge in [0.1, 0.15) is 5.60 Å². The number of ether oxygens (including phenoxy) is 1. The van der Waals surface area contributed by atoms with Gasteiger partial charge in [0.25, 0.3) is 0 Å². The van der Waals surface area contributed by atoms with Gasteiger partial charge in [-0.2, -0.15) is 0 Å². The van der Waals surface area contributed by atoms with Crippen LogP contribution in [0.5, 0.6) is 0 Å². The van der Waals surface area contributed by atoms with Crippen LogP contribution in [0.1, 0.15) is 33.6 Å². The van der Waals surface area contributed by atoms with E-state index >= 15 is 0 Å². The van der Waals surface area contributed by atoms with Crippen molar-refractivity contribution in [3.8, 4) is 0 Å². The Balaban J connectivity index is 2.32. The van der Waals surface area contributed by atoms with Gasteiger partial charge in [0.15, 0.2) is 5.78 Å². The highest BCUT2D eigenvalue weighted by atomic mass is 28.3. The first-order valence-corrected chi connectivity index (χ1v) is 11.0. The molecule has 0 spiro atoms. The summed E-state index contributed by atoms with van der Waals surface area (Å²) in [7, 11) is -1.45. The molecule has 0 aromatic carbocycles. The first kappa shape index (κ1) is 16.0. The van der Waals surface area contributed by atoms with Crippen LogP contribution in [0.2, 0.25) is 19.6 Å². The number of Topliss-reactive ketones (excluding diaryl/α,β-unsaturated/α-hetero) is 1. The number of carbonyl (C=O) groups is 2. The van der Waals surface area contributed by atoms with Gasteiger partial charge in [0, 0.05) is 17.7 Å². The average molecular weight is 307 g/mol. The van der Waals surface area contributed by atoms with Gasteiger partial charge >= 0.3 is 6.09 Å². The van der Waals surface area contributed by atoms with E-state index in [9.17, 15) is 9.59 Å². The van der Waals surface area contributed by atoms with E-state index < -0.39 is 13.7 Å². The highest BCUT2D eigenvalue weighted by molar-refractivity contribution is 6.81. The third-order valence-electron chi connectivity index (χ3n) is 3.35. The van der Waals surface area contributed by atoms with Crippen molar-refractivity contribution in [3.05, 3.63) is 22.5 Å². The summed E-state index contributed by atoms with van der Waals surface area (Å²) >= 11 is 0. The molecule has 0 unspecified atom stereocenters. The van der Waals surface area contributed by atoms with Crippen LogP contribution in [-0.4, -0.2) is 37.0 Å². The van der Waals surface area contributed by atoms with E-state index in [1.54, 1.807) is 4.90 Å². The van der Waals surface area contributed by atoms with E-state index in [4.69, 9.17) is 4.74 Å². The zero-order valence-electron chi connectivity index (χ0n) is 13.9. The van der Waals surface area contributed by atoms with E-state index in [0.717, 1.165) is 16.8 Å². The normalized spacial score (nSPS) is 21.3. The largest absolute Gasteiger partial charge is 0.443 e. The third-order valence-corrected chi connectivity index (χ3v) is 4.57. The molecule has 0 radical (unpaired) electrons. The van der Waals surface area contributed by atoms with E-state index in [-0.39, 0.29) is 11.9 Å². The summed E-state index contributed by atoms with van der Waals surface area (Å²) in [4.78, 5) is 26.2. The number of likely N-dealkylation sites (tertiary alicyclic amines) is 1. The lowest BCUT2D eigenvalue weighted by molar-refractivity contribution is -0.114. The Bertz CT molecular complexity index is 547. The predicted molar refractivity (Wildman–Crippen MR) is 85.6 cm³/mol.